The molecule has 0 aliphatic carbocycles. The van der Waals surface area contributed by atoms with Crippen molar-refractivity contribution in [3.63, 3.8) is 0 Å². The first kappa shape index (κ1) is 13.1. The first-order valence-electron chi connectivity index (χ1n) is 5.91. The van der Waals surface area contributed by atoms with Gasteiger partial charge >= 0.3 is 0 Å². The third-order valence-corrected chi connectivity index (χ3v) is 2.97. The number of benzene rings is 1. The standard InChI is InChI=1S/C13H21FN2/c1-3-16(4-2)9-8-11-6-5-7-12(10-15)13(11)14/h5-7H,3-4,8-10,15H2,1-2H3. The van der Waals surface area contributed by atoms with Crippen molar-refractivity contribution in [2.45, 2.75) is 26.8 Å². The Morgan fingerprint density at radius 2 is 1.81 bits per heavy atom. The maximum absolute atomic E-state index is 13.8. The van der Waals surface area contributed by atoms with Crippen molar-refractivity contribution < 1.29 is 4.39 Å². The summed E-state index contributed by atoms with van der Waals surface area (Å²) in [6.45, 7) is 7.43. The minimum absolute atomic E-state index is 0.128. The first-order chi connectivity index (χ1) is 7.72. The molecule has 90 valence electrons. The Kier molecular flexibility index (Phi) is 5.43. The predicted molar refractivity (Wildman–Crippen MR) is 65.8 cm³/mol. The molecule has 2 nitrogen and oxygen atoms in total. The Hall–Kier alpha value is -0.930. The van der Waals surface area contributed by atoms with Crippen LogP contribution in [0.3, 0.4) is 0 Å². The van der Waals surface area contributed by atoms with Gasteiger partial charge in [-0.25, -0.2) is 4.39 Å². The Morgan fingerprint density at radius 3 is 2.38 bits per heavy atom. The van der Waals surface area contributed by atoms with Crippen LogP contribution in [0.5, 0.6) is 0 Å². The fourth-order valence-electron chi connectivity index (χ4n) is 1.80. The molecule has 3 heteroatoms. The number of nitrogens with zero attached hydrogens (tertiary/aromatic N) is 1. The second-order valence-corrected chi connectivity index (χ2v) is 3.87. The summed E-state index contributed by atoms with van der Waals surface area (Å²) >= 11 is 0. The van der Waals surface area contributed by atoms with E-state index in [1.54, 1.807) is 6.07 Å². The zero-order valence-corrected chi connectivity index (χ0v) is 10.2. The van der Waals surface area contributed by atoms with Gasteiger partial charge in [0.2, 0.25) is 0 Å². The molecule has 1 aromatic rings. The number of likely N-dealkylation sites (N-methyl/N-ethyl adjacent to an activating group) is 1. The average Bonchev–Trinajstić information content (AvgIpc) is 2.32. The molecule has 1 rings (SSSR count). The topological polar surface area (TPSA) is 29.3 Å². The lowest BCUT2D eigenvalue weighted by molar-refractivity contribution is 0.306. The molecule has 0 atom stereocenters. The van der Waals surface area contributed by atoms with Crippen LogP contribution in [0.15, 0.2) is 18.2 Å². The summed E-state index contributed by atoms with van der Waals surface area (Å²) in [4.78, 5) is 2.29. The summed E-state index contributed by atoms with van der Waals surface area (Å²) in [7, 11) is 0. The molecular weight excluding hydrogens is 203 g/mol. The van der Waals surface area contributed by atoms with E-state index in [1.807, 2.05) is 12.1 Å². The molecule has 0 aromatic heterocycles. The monoisotopic (exact) mass is 224 g/mol. The highest BCUT2D eigenvalue weighted by molar-refractivity contribution is 5.26. The fourth-order valence-corrected chi connectivity index (χ4v) is 1.80. The molecule has 0 aliphatic rings. The molecule has 0 unspecified atom stereocenters. The second-order valence-electron chi connectivity index (χ2n) is 3.87. The van der Waals surface area contributed by atoms with Crippen molar-refractivity contribution in [3.05, 3.63) is 35.1 Å². The minimum atomic E-state index is -0.128. The summed E-state index contributed by atoms with van der Waals surface area (Å²) in [5.74, 6) is -0.128. The SMILES string of the molecule is CCN(CC)CCc1cccc(CN)c1F. The van der Waals surface area contributed by atoms with Crippen LogP contribution in [-0.4, -0.2) is 24.5 Å². The van der Waals surface area contributed by atoms with Crippen LogP contribution in [0.2, 0.25) is 0 Å². The van der Waals surface area contributed by atoms with Gasteiger partial charge in [-0.2, -0.15) is 0 Å². The smallest absolute Gasteiger partial charge is 0.130 e. The summed E-state index contributed by atoms with van der Waals surface area (Å²) < 4.78 is 13.8. The number of rotatable bonds is 6. The number of nitrogens with two attached hydrogens (primary N) is 1. The number of halogens is 1. The van der Waals surface area contributed by atoms with Crippen molar-refractivity contribution in [2.75, 3.05) is 19.6 Å². The van der Waals surface area contributed by atoms with E-state index >= 15 is 0 Å². The summed E-state index contributed by atoms with van der Waals surface area (Å²) in [6, 6.07) is 5.47. The summed E-state index contributed by atoms with van der Waals surface area (Å²) in [5, 5.41) is 0. The molecule has 16 heavy (non-hydrogen) atoms. The van der Waals surface area contributed by atoms with Gasteiger partial charge in [0.15, 0.2) is 0 Å². The molecule has 0 amide bonds. The van der Waals surface area contributed by atoms with Crippen molar-refractivity contribution in [1.29, 1.82) is 0 Å². The average molecular weight is 224 g/mol. The molecule has 0 aliphatic heterocycles. The van der Waals surface area contributed by atoms with Crippen LogP contribution in [0.1, 0.15) is 25.0 Å². The number of hydrogen-bond donors (Lipinski definition) is 1. The normalized spacial score (nSPS) is 11.1. The minimum Gasteiger partial charge on any atom is -0.326 e. The van der Waals surface area contributed by atoms with Crippen molar-refractivity contribution in [3.8, 4) is 0 Å². The van der Waals surface area contributed by atoms with E-state index in [9.17, 15) is 4.39 Å². The Labute approximate surface area is 97.3 Å². The quantitative estimate of drug-likeness (QED) is 0.802. The molecular formula is C13H21FN2. The van der Waals surface area contributed by atoms with E-state index in [4.69, 9.17) is 5.73 Å². The predicted octanol–water partition coefficient (Wildman–Crippen LogP) is 2.17. The maximum atomic E-state index is 13.8. The Balaban J connectivity index is 2.66. The highest BCUT2D eigenvalue weighted by atomic mass is 19.1. The van der Waals surface area contributed by atoms with Gasteiger partial charge in [0.25, 0.3) is 0 Å². The molecule has 0 spiro atoms. The van der Waals surface area contributed by atoms with Crippen molar-refractivity contribution >= 4 is 0 Å². The zero-order valence-electron chi connectivity index (χ0n) is 10.2. The lowest BCUT2D eigenvalue weighted by Crippen LogP contribution is -2.25. The van der Waals surface area contributed by atoms with Gasteiger partial charge in [-0.05, 0) is 25.1 Å². The highest BCUT2D eigenvalue weighted by Gasteiger charge is 2.07. The molecule has 0 bridgehead atoms. The lowest BCUT2D eigenvalue weighted by Gasteiger charge is -2.18. The third kappa shape index (κ3) is 3.29. The third-order valence-electron chi connectivity index (χ3n) is 2.97. The summed E-state index contributed by atoms with van der Waals surface area (Å²) in [6.07, 6.45) is 0.751. The Bertz CT molecular complexity index is 322. The van der Waals surface area contributed by atoms with Gasteiger partial charge in [-0.3, -0.25) is 0 Å². The van der Waals surface area contributed by atoms with Gasteiger partial charge in [0.05, 0.1) is 0 Å². The first-order valence-corrected chi connectivity index (χ1v) is 5.91. The number of hydrogen-bond acceptors (Lipinski definition) is 2. The van der Waals surface area contributed by atoms with Gasteiger partial charge < -0.3 is 10.6 Å². The lowest BCUT2D eigenvalue weighted by atomic mass is 10.1. The van der Waals surface area contributed by atoms with Crippen LogP contribution >= 0.6 is 0 Å². The Morgan fingerprint density at radius 1 is 1.19 bits per heavy atom. The molecule has 2 N–H and O–H groups in total. The molecule has 0 saturated carbocycles. The van der Waals surface area contributed by atoms with Crippen LogP contribution < -0.4 is 5.73 Å². The zero-order chi connectivity index (χ0) is 12.0. The molecule has 1 aromatic carbocycles. The summed E-state index contributed by atoms with van der Waals surface area (Å²) in [5.41, 5.74) is 6.86. The van der Waals surface area contributed by atoms with E-state index in [2.05, 4.69) is 18.7 Å². The van der Waals surface area contributed by atoms with Crippen molar-refractivity contribution in [1.82, 2.24) is 4.90 Å². The van der Waals surface area contributed by atoms with Gasteiger partial charge in [-0.1, -0.05) is 32.0 Å². The maximum Gasteiger partial charge on any atom is 0.130 e. The van der Waals surface area contributed by atoms with Crippen LogP contribution in [0, 0.1) is 5.82 Å². The molecule has 0 radical (unpaired) electrons. The van der Waals surface area contributed by atoms with Crippen LogP contribution in [0.25, 0.3) is 0 Å². The van der Waals surface area contributed by atoms with Gasteiger partial charge in [0.1, 0.15) is 5.82 Å². The van der Waals surface area contributed by atoms with Crippen LogP contribution in [-0.2, 0) is 13.0 Å². The fraction of sp³-hybridized carbons (Fsp3) is 0.538. The van der Waals surface area contributed by atoms with Crippen LogP contribution in [0.4, 0.5) is 4.39 Å². The molecule has 0 fully saturated rings. The molecule has 0 saturated heterocycles. The molecule has 0 heterocycles. The van der Waals surface area contributed by atoms with E-state index in [0.717, 1.165) is 31.6 Å². The second kappa shape index (κ2) is 6.61. The van der Waals surface area contributed by atoms with E-state index in [-0.39, 0.29) is 12.4 Å². The van der Waals surface area contributed by atoms with Crippen molar-refractivity contribution in [2.24, 2.45) is 5.73 Å². The van der Waals surface area contributed by atoms with Gasteiger partial charge in [0, 0.05) is 18.7 Å². The highest BCUT2D eigenvalue weighted by Crippen LogP contribution is 2.13. The van der Waals surface area contributed by atoms with E-state index < -0.39 is 0 Å². The van der Waals surface area contributed by atoms with E-state index in [0.29, 0.717) is 5.56 Å². The van der Waals surface area contributed by atoms with E-state index in [1.165, 1.54) is 0 Å². The van der Waals surface area contributed by atoms with Gasteiger partial charge in [-0.15, -0.1) is 0 Å². The largest absolute Gasteiger partial charge is 0.326 e.